The van der Waals surface area contributed by atoms with E-state index in [1.807, 2.05) is 0 Å². The molecule has 5 heteroatoms. The Bertz CT molecular complexity index is 331. The highest BCUT2D eigenvalue weighted by atomic mass is 16.4. The van der Waals surface area contributed by atoms with Crippen molar-refractivity contribution in [2.24, 2.45) is 17.6 Å². The lowest BCUT2D eigenvalue weighted by Crippen LogP contribution is -2.60. The Morgan fingerprint density at radius 3 is 2.22 bits per heavy atom. The van der Waals surface area contributed by atoms with Crippen molar-refractivity contribution >= 4 is 11.9 Å². The van der Waals surface area contributed by atoms with Gasteiger partial charge < -0.3 is 16.2 Å². The third-order valence-electron chi connectivity index (χ3n) is 4.53. The molecule has 4 N–H and O–H groups in total. The summed E-state index contributed by atoms with van der Waals surface area (Å²) >= 11 is 0. The molecule has 2 fully saturated rings. The Hall–Kier alpha value is -1.10. The SMILES string of the molecule is NCC1CCC(C(=O)NC2(C(=O)O)CCC2)CC1. The Kier molecular flexibility index (Phi) is 3.90. The first-order chi connectivity index (χ1) is 8.57. The highest BCUT2D eigenvalue weighted by Crippen LogP contribution is 2.34. The first-order valence-electron chi connectivity index (χ1n) is 6.83. The molecule has 0 unspecified atom stereocenters. The van der Waals surface area contributed by atoms with E-state index in [9.17, 15) is 14.7 Å². The number of aliphatic carboxylic acids is 1. The zero-order chi connectivity index (χ0) is 13.2. The lowest BCUT2D eigenvalue weighted by Gasteiger charge is -2.39. The Morgan fingerprint density at radius 2 is 1.83 bits per heavy atom. The maximum absolute atomic E-state index is 12.1. The van der Waals surface area contributed by atoms with Crippen molar-refractivity contribution in [3.63, 3.8) is 0 Å². The molecule has 0 aromatic rings. The van der Waals surface area contributed by atoms with Crippen LogP contribution in [0.4, 0.5) is 0 Å². The molecule has 0 radical (unpaired) electrons. The number of hydrogen-bond acceptors (Lipinski definition) is 3. The van der Waals surface area contributed by atoms with Crippen molar-refractivity contribution in [3.05, 3.63) is 0 Å². The smallest absolute Gasteiger partial charge is 0.329 e. The standard InChI is InChI=1S/C13H22N2O3/c14-8-9-2-4-10(5-3-9)11(16)15-13(12(17)18)6-1-7-13/h9-10H,1-8,14H2,(H,15,16)(H,17,18). The second-order valence-corrected chi connectivity index (χ2v) is 5.68. The highest BCUT2D eigenvalue weighted by Gasteiger charge is 2.46. The lowest BCUT2D eigenvalue weighted by molar-refractivity contribution is -0.152. The van der Waals surface area contributed by atoms with Gasteiger partial charge >= 0.3 is 5.97 Å². The zero-order valence-corrected chi connectivity index (χ0v) is 10.7. The summed E-state index contributed by atoms with van der Waals surface area (Å²) in [7, 11) is 0. The fourth-order valence-corrected chi connectivity index (χ4v) is 2.92. The average molecular weight is 254 g/mol. The number of nitrogens with two attached hydrogens (primary N) is 1. The van der Waals surface area contributed by atoms with E-state index in [0.717, 1.165) is 32.1 Å². The van der Waals surface area contributed by atoms with Crippen molar-refractivity contribution in [2.45, 2.75) is 50.5 Å². The van der Waals surface area contributed by atoms with Gasteiger partial charge in [0.25, 0.3) is 0 Å². The lowest BCUT2D eigenvalue weighted by atomic mass is 9.75. The van der Waals surface area contributed by atoms with Gasteiger partial charge in [-0.05, 0) is 57.4 Å². The molecule has 0 spiro atoms. The van der Waals surface area contributed by atoms with Crippen molar-refractivity contribution < 1.29 is 14.7 Å². The van der Waals surface area contributed by atoms with Gasteiger partial charge in [0.2, 0.25) is 5.91 Å². The number of rotatable bonds is 4. The quantitative estimate of drug-likeness (QED) is 0.694. The predicted molar refractivity (Wildman–Crippen MR) is 66.9 cm³/mol. The van der Waals surface area contributed by atoms with Crippen LogP contribution in [0.15, 0.2) is 0 Å². The first-order valence-corrected chi connectivity index (χ1v) is 6.83. The molecule has 2 aliphatic carbocycles. The van der Waals surface area contributed by atoms with Crippen LogP contribution in [0.3, 0.4) is 0 Å². The molecule has 0 aromatic heterocycles. The van der Waals surface area contributed by atoms with E-state index >= 15 is 0 Å². The van der Waals surface area contributed by atoms with Gasteiger partial charge in [-0.3, -0.25) is 4.79 Å². The van der Waals surface area contributed by atoms with Crippen molar-refractivity contribution in [1.29, 1.82) is 0 Å². The van der Waals surface area contributed by atoms with Crippen LogP contribution in [-0.2, 0) is 9.59 Å². The molecule has 0 saturated heterocycles. The van der Waals surface area contributed by atoms with Crippen LogP contribution in [0, 0.1) is 11.8 Å². The molecule has 102 valence electrons. The van der Waals surface area contributed by atoms with Gasteiger partial charge in [-0.2, -0.15) is 0 Å². The summed E-state index contributed by atoms with van der Waals surface area (Å²) in [5.74, 6) is -0.457. The minimum absolute atomic E-state index is 0.0235. The number of amides is 1. The van der Waals surface area contributed by atoms with Gasteiger partial charge in [0.05, 0.1) is 0 Å². The Balaban J connectivity index is 1.87. The van der Waals surface area contributed by atoms with E-state index < -0.39 is 11.5 Å². The van der Waals surface area contributed by atoms with Crippen LogP contribution in [0.5, 0.6) is 0 Å². The molecule has 0 aliphatic heterocycles. The highest BCUT2D eigenvalue weighted by molar-refractivity contribution is 5.88. The van der Waals surface area contributed by atoms with Gasteiger partial charge in [-0.25, -0.2) is 4.79 Å². The van der Waals surface area contributed by atoms with Gasteiger partial charge in [-0.1, -0.05) is 0 Å². The molecule has 2 aliphatic rings. The summed E-state index contributed by atoms with van der Waals surface area (Å²) in [5, 5.41) is 11.9. The summed E-state index contributed by atoms with van der Waals surface area (Å²) in [5.41, 5.74) is 4.65. The summed E-state index contributed by atoms with van der Waals surface area (Å²) in [6.45, 7) is 0.688. The summed E-state index contributed by atoms with van der Waals surface area (Å²) in [6.07, 6.45) is 5.64. The first kappa shape index (κ1) is 13.3. The monoisotopic (exact) mass is 254 g/mol. The van der Waals surface area contributed by atoms with Crippen molar-refractivity contribution in [2.75, 3.05) is 6.54 Å². The van der Waals surface area contributed by atoms with E-state index in [1.54, 1.807) is 0 Å². The maximum Gasteiger partial charge on any atom is 0.329 e. The third-order valence-corrected chi connectivity index (χ3v) is 4.53. The van der Waals surface area contributed by atoms with Gasteiger partial charge in [0.1, 0.15) is 5.54 Å². The van der Waals surface area contributed by atoms with Crippen molar-refractivity contribution in [3.8, 4) is 0 Å². The molecular weight excluding hydrogens is 232 g/mol. The molecule has 5 nitrogen and oxygen atoms in total. The number of carboxylic acid groups (broad SMARTS) is 1. The topological polar surface area (TPSA) is 92.4 Å². The van der Waals surface area contributed by atoms with E-state index in [2.05, 4.69) is 5.32 Å². The van der Waals surface area contributed by atoms with E-state index in [0.29, 0.717) is 25.3 Å². The van der Waals surface area contributed by atoms with Crippen molar-refractivity contribution in [1.82, 2.24) is 5.32 Å². The second-order valence-electron chi connectivity index (χ2n) is 5.68. The molecule has 0 atom stereocenters. The Morgan fingerprint density at radius 1 is 1.22 bits per heavy atom. The van der Waals surface area contributed by atoms with E-state index in [4.69, 9.17) is 5.73 Å². The minimum Gasteiger partial charge on any atom is -0.480 e. The minimum atomic E-state index is -0.970. The summed E-state index contributed by atoms with van der Waals surface area (Å²) in [4.78, 5) is 23.3. The number of carboxylic acids is 1. The fraction of sp³-hybridized carbons (Fsp3) is 0.846. The summed E-state index contributed by atoms with van der Waals surface area (Å²) < 4.78 is 0. The van der Waals surface area contributed by atoms with E-state index in [-0.39, 0.29) is 11.8 Å². The average Bonchev–Trinajstić information content (AvgIpc) is 2.33. The summed E-state index contributed by atoms with van der Waals surface area (Å²) in [6, 6.07) is 0. The number of carbonyl (C=O) groups excluding carboxylic acids is 1. The molecule has 2 saturated carbocycles. The van der Waals surface area contributed by atoms with Gasteiger partial charge in [-0.15, -0.1) is 0 Å². The number of hydrogen-bond donors (Lipinski definition) is 3. The number of nitrogens with one attached hydrogen (secondary N) is 1. The molecule has 0 heterocycles. The third kappa shape index (κ3) is 2.51. The van der Waals surface area contributed by atoms with E-state index in [1.165, 1.54) is 0 Å². The normalized spacial score (nSPS) is 30.3. The molecular formula is C13H22N2O3. The van der Waals surface area contributed by atoms with Crippen LogP contribution in [0.1, 0.15) is 44.9 Å². The maximum atomic E-state index is 12.1. The molecule has 0 bridgehead atoms. The van der Waals surface area contributed by atoms with Crippen LogP contribution < -0.4 is 11.1 Å². The van der Waals surface area contributed by atoms with Crippen LogP contribution in [-0.4, -0.2) is 29.1 Å². The second kappa shape index (κ2) is 5.26. The van der Waals surface area contributed by atoms with Gasteiger partial charge in [0, 0.05) is 5.92 Å². The molecule has 1 amide bonds. The molecule has 18 heavy (non-hydrogen) atoms. The zero-order valence-electron chi connectivity index (χ0n) is 10.7. The van der Waals surface area contributed by atoms with Crippen LogP contribution >= 0.6 is 0 Å². The van der Waals surface area contributed by atoms with Gasteiger partial charge in [0.15, 0.2) is 0 Å². The van der Waals surface area contributed by atoms with Crippen LogP contribution in [0.2, 0.25) is 0 Å². The fourth-order valence-electron chi connectivity index (χ4n) is 2.92. The number of carbonyl (C=O) groups is 2. The molecule has 0 aromatic carbocycles. The Labute approximate surface area is 107 Å². The largest absolute Gasteiger partial charge is 0.480 e. The van der Waals surface area contributed by atoms with Crippen LogP contribution in [0.25, 0.3) is 0 Å². The predicted octanol–water partition coefficient (Wildman–Crippen LogP) is 0.875. The molecule has 2 rings (SSSR count).